The summed E-state index contributed by atoms with van der Waals surface area (Å²) < 4.78 is 13.1. The number of aryl methyl sites for hydroxylation is 1. The molecule has 0 radical (unpaired) electrons. The number of urea groups is 1. The third-order valence-corrected chi connectivity index (χ3v) is 5.25. The highest BCUT2D eigenvalue weighted by atomic mass is 19.1. The maximum Gasteiger partial charge on any atom is 0.325 e. The maximum absolute atomic E-state index is 13.1. The second-order valence-electron chi connectivity index (χ2n) is 7.34. The van der Waals surface area contributed by atoms with Crippen LogP contribution in [0, 0.1) is 19.7 Å². The fourth-order valence-electron chi connectivity index (χ4n) is 3.45. The van der Waals surface area contributed by atoms with Crippen LogP contribution in [0.25, 0.3) is 0 Å². The third-order valence-electron chi connectivity index (χ3n) is 5.25. The Kier molecular flexibility index (Phi) is 6.82. The van der Waals surface area contributed by atoms with E-state index < -0.39 is 6.03 Å². The molecule has 29 heavy (non-hydrogen) atoms. The average Bonchev–Trinajstić information content (AvgIpc) is 2.91. The number of hydrogen-bond acceptors (Lipinski definition) is 4. The number of nitrogens with one attached hydrogen (secondary N) is 2. The Morgan fingerprint density at radius 1 is 1.00 bits per heavy atom. The molecule has 3 amide bonds. The second-order valence-corrected chi connectivity index (χ2v) is 7.34. The molecule has 6 nitrogen and oxygen atoms in total. The molecule has 1 heterocycles. The van der Waals surface area contributed by atoms with Crippen LogP contribution in [0.3, 0.4) is 0 Å². The van der Waals surface area contributed by atoms with Gasteiger partial charge in [0, 0.05) is 37.6 Å². The minimum Gasteiger partial charge on any atom is -0.370 e. The van der Waals surface area contributed by atoms with Crippen LogP contribution in [0.5, 0.6) is 0 Å². The monoisotopic (exact) mass is 398 g/mol. The van der Waals surface area contributed by atoms with Crippen LogP contribution >= 0.6 is 0 Å². The van der Waals surface area contributed by atoms with Gasteiger partial charge < -0.3 is 10.2 Å². The normalized spacial score (nSPS) is 14.9. The van der Waals surface area contributed by atoms with Crippen molar-refractivity contribution in [1.82, 2.24) is 10.2 Å². The molecule has 1 aliphatic heterocycles. The van der Waals surface area contributed by atoms with Gasteiger partial charge in [0.25, 0.3) is 0 Å². The summed E-state index contributed by atoms with van der Waals surface area (Å²) in [5, 5.41) is 5.14. The van der Waals surface area contributed by atoms with Crippen molar-refractivity contribution in [3.63, 3.8) is 0 Å². The molecule has 0 aliphatic carbocycles. The van der Waals surface area contributed by atoms with Gasteiger partial charge in [0.1, 0.15) is 5.82 Å². The van der Waals surface area contributed by atoms with E-state index in [1.54, 1.807) is 12.1 Å². The highest BCUT2D eigenvalue weighted by Gasteiger charge is 2.18. The highest BCUT2D eigenvalue weighted by Crippen LogP contribution is 2.18. The van der Waals surface area contributed by atoms with Crippen molar-refractivity contribution in [3.05, 3.63) is 59.4 Å². The lowest BCUT2D eigenvalue weighted by Crippen LogP contribution is -2.43. The Morgan fingerprint density at radius 3 is 2.52 bits per heavy atom. The third kappa shape index (κ3) is 5.77. The van der Waals surface area contributed by atoms with Gasteiger partial charge in [-0.3, -0.25) is 15.0 Å². The molecule has 1 aliphatic rings. The van der Waals surface area contributed by atoms with Crippen molar-refractivity contribution < 1.29 is 14.0 Å². The average molecular weight is 398 g/mol. The van der Waals surface area contributed by atoms with Gasteiger partial charge in [-0.2, -0.15) is 0 Å². The SMILES string of the molecule is Cc1cccc(NC(=O)NC(=O)CN2CCCN(c3ccc(F)cc3)CC2)c1C. The summed E-state index contributed by atoms with van der Waals surface area (Å²) in [6.07, 6.45) is 0.888. The fourth-order valence-corrected chi connectivity index (χ4v) is 3.45. The van der Waals surface area contributed by atoms with E-state index in [4.69, 9.17) is 0 Å². The van der Waals surface area contributed by atoms with Crippen molar-refractivity contribution in [3.8, 4) is 0 Å². The molecule has 0 aromatic heterocycles. The Balaban J connectivity index is 1.48. The summed E-state index contributed by atoms with van der Waals surface area (Å²) in [6, 6.07) is 11.6. The summed E-state index contributed by atoms with van der Waals surface area (Å²) >= 11 is 0. The predicted octanol–water partition coefficient (Wildman–Crippen LogP) is 3.30. The van der Waals surface area contributed by atoms with Crippen molar-refractivity contribution in [2.24, 2.45) is 0 Å². The van der Waals surface area contributed by atoms with Crippen LogP contribution in [0.1, 0.15) is 17.5 Å². The minimum absolute atomic E-state index is 0.164. The van der Waals surface area contributed by atoms with E-state index in [1.165, 1.54) is 12.1 Å². The largest absolute Gasteiger partial charge is 0.370 e. The zero-order valence-corrected chi connectivity index (χ0v) is 16.9. The molecule has 0 unspecified atom stereocenters. The zero-order valence-electron chi connectivity index (χ0n) is 16.9. The number of halogens is 1. The number of imide groups is 1. The van der Waals surface area contributed by atoms with E-state index in [2.05, 4.69) is 15.5 Å². The molecule has 2 N–H and O–H groups in total. The van der Waals surface area contributed by atoms with Crippen molar-refractivity contribution >= 4 is 23.3 Å². The number of rotatable bonds is 4. The van der Waals surface area contributed by atoms with Gasteiger partial charge >= 0.3 is 6.03 Å². The predicted molar refractivity (Wildman–Crippen MR) is 113 cm³/mol. The van der Waals surface area contributed by atoms with Crippen LogP contribution in [0.4, 0.5) is 20.6 Å². The van der Waals surface area contributed by atoms with E-state index in [1.807, 2.05) is 36.9 Å². The summed E-state index contributed by atoms with van der Waals surface area (Å²) in [4.78, 5) is 28.7. The molecule has 1 fully saturated rings. The number of anilines is 2. The molecular weight excluding hydrogens is 371 g/mol. The quantitative estimate of drug-likeness (QED) is 0.830. The first kappa shape index (κ1) is 20.8. The Labute approximate surface area is 170 Å². The number of nitrogens with zero attached hydrogens (tertiary/aromatic N) is 2. The lowest BCUT2D eigenvalue weighted by molar-refractivity contribution is -0.121. The number of carbonyl (C=O) groups is 2. The molecule has 2 aromatic rings. The Morgan fingerprint density at radius 2 is 1.76 bits per heavy atom. The van der Waals surface area contributed by atoms with E-state index in [-0.39, 0.29) is 18.3 Å². The Bertz CT molecular complexity index is 870. The zero-order chi connectivity index (χ0) is 20.8. The van der Waals surface area contributed by atoms with E-state index in [9.17, 15) is 14.0 Å². The lowest BCUT2D eigenvalue weighted by atomic mass is 10.1. The number of amides is 3. The summed E-state index contributed by atoms with van der Waals surface area (Å²) in [6.45, 7) is 7.12. The summed E-state index contributed by atoms with van der Waals surface area (Å²) in [5.41, 5.74) is 3.72. The molecule has 154 valence electrons. The van der Waals surface area contributed by atoms with Crippen LogP contribution in [-0.2, 0) is 4.79 Å². The second kappa shape index (κ2) is 9.52. The van der Waals surface area contributed by atoms with Crippen molar-refractivity contribution in [2.75, 3.05) is 42.9 Å². The molecule has 0 saturated carbocycles. The number of carbonyl (C=O) groups excluding carboxylic acids is 2. The van der Waals surface area contributed by atoms with Gasteiger partial charge in [0.15, 0.2) is 0 Å². The van der Waals surface area contributed by atoms with Crippen molar-refractivity contribution in [2.45, 2.75) is 20.3 Å². The summed E-state index contributed by atoms with van der Waals surface area (Å²) in [7, 11) is 0. The Hall–Kier alpha value is -2.93. The van der Waals surface area contributed by atoms with E-state index >= 15 is 0 Å². The summed E-state index contributed by atoms with van der Waals surface area (Å²) in [5.74, 6) is -0.580. The van der Waals surface area contributed by atoms with Gasteiger partial charge in [-0.1, -0.05) is 12.1 Å². The lowest BCUT2D eigenvalue weighted by Gasteiger charge is -2.23. The smallest absolute Gasteiger partial charge is 0.325 e. The van der Waals surface area contributed by atoms with Gasteiger partial charge in [0.05, 0.1) is 6.54 Å². The molecule has 0 spiro atoms. The van der Waals surface area contributed by atoms with Gasteiger partial charge in [-0.15, -0.1) is 0 Å². The molecule has 7 heteroatoms. The molecule has 2 aromatic carbocycles. The fraction of sp³-hybridized carbons (Fsp3) is 0.364. The van der Waals surface area contributed by atoms with E-state index in [0.717, 1.165) is 42.9 Å². The molecular formula is C22H27FN4O2. The van der Waals surface area contributed by atoms with Crippen LogP contribution in [0.15, 0.2) is 42.5 Å². The minimum atomic E-state index is -0.522. The first-order valence-electron chi connectivity index (χ1n) is 9.82. The van der Waals surface area contributed by atoms with Gasteiger partial charge in [-0.05, 0) is 61.7 Å². The topological polar surface area (TPSA) is 64.7 Å². The van der Waals surface area contributed by atoms with Crippen LogP contribution in [-0.4, -0.2) is 49.6 Å². The van der Waals surface area contributed by atoms with E-state index in [0.29, 0.717) is 12.2 Å². The van der Waals surface area contributed by atoms with Crippen LogP contribution in [0.2, 0.25) is 0 Å². The van der Waals surface area contributed by atoms with Crippen molar-refractivity contribution in [1.29, 1.82) is 0 Å². The standard InChI is InChI=1S/C22H27FN4O2/c1-16-5-3-6-20(17(16)2)24-22(29)25-21(28)15-26-11-4-12-27(14-13-26)19-9-7-18(23)8-10-19/h3,5-10H,4,11-15H2,1-2H3,(H2,24,25,28,29). The molecule has 1 saturated heterocycles. The first-order valence-corrected chi connectivity index (χ1v) is 9.82. The maximum atomic E-state index is 13.1. The van der Waals surface area contributed by atoms with Gasteiger partial charge in [0.2, 0.25) is 5.91 Å². The first-order chi connectivity index (χ1) is 13.9. The number of benzene rings is 2. The molecule has 0 atom stereocenters. The molecule has 3 rings (SSSR count). The number of hydrogen-bond donors (Lipinski definition) is 2. The van der Waals surface area contributed by atoms with Gasteiger partial charge in [-0.25, -0.2) is 9.18 Å². The molecule has 0 bridgehead atoms. The highest BCUT2D eigenvalue weighted by molar-refractivity contribution is 6.02. The van der Waals surface area contributed by atoms with Crippen LogP contribution < -0.4 is 15.5 Å².